The first-order valence-electron chi connectivity index (χ1n) is 4.88. The molecule has 2 rings (SSSR count). The van der Waals surface area contributed by atoms with Gasteiger partial charge >= 0.3 is 0 Å². The first-order valence-corrected chi connectivity index (χ1v) is 6.75. The van der Waals surface area contributed by atoms with E-state index in [9.17, 15) is 0 Å². The maximum atomic E-state index is 5.45. The van der Waals surface area contributed by atoms with E-state index in [2.05, 4.69) is 62.0 Å². The summed E-state index contributed by atoms with van der Waals surface area (Å²) in [5.74, 6) is 0.921. The number of furan rings is 1. The van der Waals surface area contributed by atoms with Crippen LogP contribution in [-0.4, -0.2) is 7.05 Å². The van der Waals surface area contributed by atoms with Crippen molar-refractivity contribution in [2.45, 2.75) is 6.04 Å². The summed E-state index contributed by atoms with van der Waals surface area (Å²) in [7, 11) is 1.93. The van der Waals surface area contributed by atoms with E-state index in [4.69, 9.17) is 4.42 Å². The molecule has 0 spiro atoms. The quantitative estimate of drug-likeness (QED) is 0.801. The lowest BCUT2D eigenvalue weighted by Crippen LogP contribution is -2.17. The molecule has 1 aromatic heterocycles. The van der Waals surface area contributed by atoms with Crippen molar-refractivity contribution in [2.24, 2.45) is 0 Å². The van der Waals surface area contributed by atoms with E-state index in [0.29, 0.717) is 0 Å². The van der Waals surface area contributed by atoms with Gasteiger partial charge in [0.25, 0.3) is 0 Å². The monoisotopic (exact) mass is 391 g/mol. The minimum Gasteiger partial charge on any atom is -0.467 e. The summed E-state index contributed by atoms with van der Waals surface area (Å²) in [6.45, 7) is 0. The lowest BCUT2D eigenvalue weighted by atomic mass is 10.1. The normalized spacial score (nSPS) is 12.7. The minimum absolute atomic E-state index is 0.0825. The number of hydrogen-bond donors (Lipinski definition) is 1. The van der Waals surface area contributed by atoms with Crippen LogP contribution in [0, 0.1) is 3.57 Å². The molecule has 0 aliphatic rings. The molecule has 1 aromatic carbocycles. The molecule has 1 unspecified atom stereocenters. The van der Waals surface area contributed by atoms with Crippen molar-refractivity contribution in [3.8, 4) is 0 Å². The summed E-state index contributed by atoms with van der Waals surface area (Å²) in [6.07, 6.45) is 1.70. The van der Waals surface area contributed by atoms with Crippen molar-refractivity contribution in [2.75, 3.05) is 7.05 Å². The maximum Gasteiger partial charge on any atom is 0.125 e. The van der Waals surface area contributed by atoms with E-state index >= 15 is 0 Å². The third-order valence-corrected chi connectivity index (χ3v) is 3.78. The summed E-state index contributed by atoms with van der Waals surface area (Å²) >= 11 is 5.88. The molecule has 1 N–H and O–H groups in total. The molecule has 84 valence electrons. The van der Waals surface area contributed by atoms with Gasteiger partial charge in [0.1, 0.15) is 5.76 Å². The Bertz CT molecular complexity index is 470. The summed E-state index contributed by atoms with van der Waals surface area (Å²) < 4.78 is 7.75. The van der Waals surface area contributed by atoms with Crippen LogP contribution in [0.5, 0.6) is 0 Å². The van der Waals surface area contributed by atoms with Crippen molar-refractivity contribution >= 4 is 38.5 Å². The predicted molar refractivity (Wildman–Crippen MR) is 76.5 cm³/mol. The van der Waals surface area contributed by atoms with Gasteiger partial charge < -0.3 is 9.73 Å². The Balaban J connectivity index is 2.44. The van der Waals surface area contributed by atoms with Gasteiger partial charge in [-0.25, -0.2) is 0 Å². The van der Waals surface area contributed by atoms with E-state index in [0.717, 1.165) is 10.2 Å². The summed E-state index contributed by atoms with van der Waals surface area (Å²) in [6, 6.07) is 10.2. The second-order valence-corrected chi connectivity index (χ2v) is 5.50. The zero-order chi connectivity index (χ0) is 11.5. The van der Waals surface area contributed by atoms with Crippen molar-refractivity contribution in [1.29, 1.82) is 0 Å². The van der Waals surface area contributed by atoms with Gasteiger partial charge in [-0.15, -0.1) is 0 Å². The van der Waals surface area contributed by atoms with E-state index in [1.807, 2.05) is 19.2 Å². The molecule has 0 aliphatic carbocycles. The van der Waals surface area contributed by atoms with Crippen molar-refractivity contribution in [3.63, 3.8) is 0 Å². The molecule has 0 aliphatic heterocycles. The highest BCUT2D eigenvalue weighted by atomic mass is 127. The van der Waals surface area contributed by atoms with Gasteiger partial charge in [0.15, 0.2) is 0 Å². The minimum atomic E-state index is 0.0825. The Morgan fingerprint density at radius 3 is 2.81 bits per heavy atom. The van der Waals surface area contributed by atoms with Gasteiger partial charge in [-0.2, -0.15) is 0 Å². The molecular weight excluding hydrogens is 381 g/mol. The van der Waals surface area contributed by atoms with Crippen LogP contribution in [0.4, 0.5) is 0 Å². The topological polar surface area (TPSA) is 25.2 Å². The van der Waals surface area contributed by atoms with Crippen molar-refractivity contribution < 1.29 is 4.42 Å². The fourth-order valence-corrected chi connectivity index (χ4v) is 2.63. The first kappa shape index (κ1) is 12.1. The van der Waals surface area contributed by atoms with Crippen LogP contribution in [0.3, 0.4) is 0 Å². The van der Waals surface area contributed by atoms with Crippen LogP contribution in [0.25, 0.3) is 0 Å². The molecule has 0 amide bonds. The summed E-state index contributed by atoms with van der Waals surface area (Å²) in [4.78, 5) is 0. The SMILES string of the molecule is CNC(c1ccco1)c1cc(I)ccc1Br. The van der Waals surface area contributed by atoms with Crippen LogP contribution in [0.1, 0.15) is 17.4 Å². The zero-order valence-corrected chi connectivity index (χ0v) is 12.4. The Kier molecular flexibility index (Phi) is 4.05. The number of rotatable bonds is 3. The molecule has 1 heterocycles. The first-order chi connectivity index (χ1) is 7.72. The van der Waals surface area contributed by atoms with Gasteiger partial charge in [0, 0.05) is 8.04 Å². The van der Waals surface area contributed by atoms with E-state index in [1.54, 1.807) is 6.26 Å². The zero-order valence-electron chi connectivity index (χ0n) is 8.71. The molecule has 1 atom stereocenters. The Hall–Kier alpha value is -0.330. The predicted octanol–water partition coefficient (Wildman–Crippen LogP) is 3.96. The molecule has 0 fully saturated rings. The smallest absolute Gasteiger partial charge is 0.125 e. The highest BCUT2D eigenvalue weighted by molar-refractivity contribution is 14.1. The van der Waals surface area contributed by atoms with Crippen LogP contribution in [0.2, 0.25) is 0 Å². The van der Waals surface area contributed by atoms with Crippen LogP contribution < -0.4 is 5.32 Å². The molecule has 16 heavy (non-hydrogen) atoms. The van der Waals surface area contributed by atoms with Gasteiger partial charge in [-0.3, -0.25) is 0 Å². The standard InChI is InChI=1S/C12H11BrINO/c1-15-12(11-3-2-6-16-11)9-7-8(14)4-5-10(9)13/h2-7,12,15H,1H3. The van der Waals surface area contributed by atoms with Gasteiger partial charge in [0.05, 0.1) is 12.3 Å². The highest BCUT2D eigenvalue weighted by Crippen LogP contribution is 2.29. The Labute approximate surface area is 117 Å². The van der Waals surface area contributed by atoms with Gasteiger partial charge in [-0.1, -0.05) is 15.9 Å². The molecule has 0 radical (unpaired) electrons. The van der Waals surface area contributed by atoms with Crippen molar-refractivity contribution in [3.05, 3.63) is 56.0 Å². The largest absolute Gasteiger partial charge is 0.467 e. The number of hydrogen-bond acceptors (Lipinski definition) is 2. The van der Waals surface area contributed by atoms with Gasteiger partial charge in [-0.05, 0) is 65.5 Å². The van der Waals surface area contributed by atoms with Crippen LogP contribution in [-0.2, 0) is 0 Å². The Morgan fingerprint density at radius 2 is 2.19 bits per heavy atom. The Morgan fingerprint density at radius 1 is 1.38 bits per heavy atom. The molecule has 4 heteroatoms. The molecule has 0 saturated heterocycles. The fraction of sp³-hybridized carbons (Fsp3) is 0.167. The number of benzene rings is 1. The molecule has 2 nitrogen and oxygen atoms in total. The molecule has 2 aromatic rings. The van der Waals surface area contributed by atoms with Crippen LogP contribution in [0.15, 0.2) is 45.5 Å². The second kappa shape index (κ2) is 5.33. The summed E-state index contributed by atoms with van der Waals surface area (Å²) in [5, 5.41) is 3.26. The van der Waals surface area contributed by atoms with Crippen molar-refractivity contribution in [1.82, 2.24) is 5.32 Å². The van der Waals surface area contributed by atoms with E-state index in [1.165, 1.54) is 9.13 Å². The fourth-order valence-electron chi connectivity index (χ4n) is 1.64. The average Bonchev–Trinajstić information content (AvgIpc) is 2.78. The van der Waals surface area contributed by atoms with E-state index < -0.39 is 0 Å². The third kappa shape index (κ3) is 2.49. The van der Waals surface area contributed by atoms with Gasteiger partial charge in [0.2, 0.25) is 0 Å². The molecular formula is C12H11BrINO. The lowest BCUT2D eigenvalue weighted by molar-refractivity contribution is 0.462. The molecule has 0 saturated carbocycles. The average molecular weight is 392 g/mol. The van der Waals surface area contributed by atoms with Crippen LogP contribution >= 0.6 is 38.5 Å². The number of halogens is 2. The summed E-state index contributed by atoms with van der Waals surface area (Å²) in [5.41, 5.74) is 1.18. The highest BCUT2D eigenvalue weighted by Gasteiger charge is 2.17. The maximum absolute atomic E-state index is 5.45. The second-order valence-electron chi connectivity index (χ2n) is 3.40. The van der Waals surface area contributed by atoms with E-state index in [-0.39, 0.29) is 6.04 Å². The lowest BCUT2D eigenvalue weighted by Gasteiger charge is -2.16. The number of nitrogens with one attached hydrogen (secondary N) is 1. The third-order valence-electron chi connectivity index (χ3n) is 2.39. The molecule has 0 bridgehead atoms.